The number of hydrogen-bond acceptors (Lipinski definition) is 5. The minimum absolute atomic E-state index is 0.0260. The number of anilines is 1. The zero-order chi connectivity index (χ0) is 15.5. The van der Waals surface area contributed by atoms with Gasteiger partial charge in [0.25, 0.3) is 0 Å². The number of piperazine rings is 1. The molecule has 2 aliphatic rings. The van der Waals surface area contributed by atoms with E-state index in [0.717, 1.165) is 25.7 Å². The van der Waals surface area contributed by atoms with Crippen molar-refractivity contribution in [2.24, 2.45) is 5.92 Å². The smallest absolute Gasteiger partial charge is 0.311 e. The summed E-state index contributed by atoms with van der Waals surface area (Å²) in [7, 11) is 0. The van der Waals surface area contributed by atoms with Gasteiger partial charge in [-0.1, -0.05) is 12.8 Å². The SMILES string of the molecule is O=C(C1CCCC1)N1CCN(c2ncccc2[N+](=O)[O-])CC1. The Morgan fingerprint density at radius 1 is 1.23 bits per heavy atom. The highest BCUT2D eigenvalue weighted by atomic mass is 16.6. The molecule has 118 valence electrons. The minimum atomic E-state index is -0.404. The fourth-order valence-electron chi connectivity index (χ4n) is 3.34. The quantitative estimate of drug-likeness (QED) is 0.628. The topological polar surface area (TPSA) is 79.6 Å². The Bertz CT molecular complexity index is 564. The fraction of sp³-hybridized carbons (Fsp3) is 0.600. The van der Waals surface area contributed by atoms with Crippen LogP contribution in [0.5, 0.6) is 0 Å². The van der Waals surface area contributed by atoms with Crippen LogP contribution in [-0.2, 0) is 4.79 Å². The lowest BCUT2D eigenvalue weighted by Gasteiger charge is -2.36. The van der Waals surface area contributed by atoms with Gasteiger partial charge < -0.3 is 9.80 Å². The summed E-state index contributed by atoms with van der Waals surface area (Å²) in [5, 5.41) is 11.1. The molecule has 2 fully saturated rings. The van der Waals surface area contributed by atoms with Crippen LogP contribution in [0.3, 0.4) is 0 Å². The van der Waals surface area contributed by atoms with Crippen LogP contribution < -0.4 is 4.90 Å². The number of pyridine rings is 1. The summed E-state index contributed by atoms with van der Waals surface area (Å²) in [5.74, 6) is 0.851. The molecule has 22 heavy (non-hydrogen) atoms. The van der Waals surface area contributed by atoms with Gasteiger partial charge in [0, 0.05) is 44.4 Å². The number of hydrogen-bond donors (Lipinski definition) is 0. The van der Waals surface area contributed by atoms with Crippen molar-refractivity contribution >= 4 is 17.4 Å². The van der Waals surface area contributed by atoms with Crippen LogP contribution in [0.25, 0.3) is 0 Å². The first-order valence-corrected chi connectivity index (χ1v) is 7.80. The van der Waals surface area contributed by atoms with Crippen molar-refractivity contribution in [1.82, 2.24) is 9.88 Å². The van der Waals surface area contributed by atoms with E-state index in [2.05, 4.69) is 4.98 Å². The highest BCUT2D eigenvalue weighted by Crippen LogP contribution is 2.29. The second kappa shape index (κ2) is 6.29. The van der Waals surface area contributed by atoms with Gasteiger partial charge in [-0.25, -0.2) is 4.98 Å². The van der Waals surface area contributed by atoms with E-state index in [1.165, 1.54) is 6.07 Å². The van der Waals surface area contributed by atoms with Crippen molar-refractivity contribution in [3.63, 3.8) is 0 Å². The van der Waals surface area contributed by atoms with Crippen LogP contribution in [-0.4, -0.2) is 46.9 Å². The van der Waals surface area contributed by atoms with Crippen LogP contribution in [0.15, 0.2) is 18.3 Å². The molecule has 3 rings (SSSR count). The molecule has 1 aliphatic heterocycles. The van der Waals surface area contributed by atoms with Crippen LogP contribution in [0.4, 0.5) is 11.5 Å². The van der Waals surface area contributed by atoms with Gasteiger partial charge in [0.2, 0.25) is 11.7 Å². The molecule has 0 atom stereocenters. The van der Waals surface area contributed by atoms with E-state index < -0.39 is 4.92 Å². The third-order valence-corrected chi connectivity index (χ3v) is 4.56. The molecule has 1 saturated carbocycles. The highest BCUT2D eigenvalue weighted by Gasteiger charge is 2.31. The molecule has 1 aromatic heterocycles. The maximum Gasteiger partial charge on any atom is 0.311 e. The minimum Gasteiger partial charge on any atom is -0.347 e. The summed E-state index contributed by atoms with van der Waals surface area (Å²) in [4.78, 5) is 31.0. The maximum absolute atomic E-state index is 12.4. The lowest BCUT2D eigenvalue weighted by Crippen LogP contribution is -2.50. The number of nitro groups is 1. The van der Waals surface area contributed by atoms with Gasteiger partial charge in [-0.15, -0.1) is 0 Å². The largest absolute Gasteiger partial charge is 0.347 e. The number of carbonyl (C=O) groups excluding carboxylic acids is 1. The third-order valence-electron chi connectivity index (χ3n) is 4.56. The molecule has 0 unspecified atom stereocenters. The number of carbonyl (C=O) groups is 1. The van der Waals surface area contributed by atoms with Crippen molar-refractivity contribution in [1.29, 1.82) is 0 Å². The molecule has 0 spiro atoms. The maximum atomic E-state index is 12.4. The Labute approximate surface area is 129 Å². The number of nitrogens with zero attached hydrogens (tertiary/aromatic N) is 4. The van der Waals surface area contributed by atoms with Crippen LogP contribution in [0.1, 0.15) is 25.7 Å². The predicted molar refractivity (Wildman–Crippen MR) is 81.6 cm³/mol. The summed E-state index contributed by atoms with van der Waals surface area (Å²) in [5.41, 5.74) is 0.0260. The van der Waals surface area contributed by atoms with Crippen molar-refractivity contribution < 1.29 is 9.72 Å². The summed E-state index contributed by atoms with van der Waals surface area (Å²) < 4.78 is 0. The Morgan fingerprint density at radius 3 is 2.55 bits per heavy atom. The second-order valence-electron chi connectivity index (χ2n) is 5.90. The van der Waals surface area contributed by atoms with Crippen LogP contribution in [0.2, 0.25) is 0 Å². The third kappa shape index (κ3) is 2.88. The first-order valence-electron chi connectivity index (χ1n) is 7.80. The number of rotatable bonds is 3. The van der Waals surface area contributed by atoms with E-state index in [1.54, 1.807) is 12.3 Å². The molecule has 1 saturated heterocycles. The van der Waals surface area contributed by atoms with Gasteiger partial charge in [-0.3, -0.25) is 14.9 Å². The van der Waals surface area contributed by atoms with E-state index in [9.17, 15) is 14.9 Å². The van der Waals surface area contributed by atoms with E-state index in [4.69, 9.17) is 0 Å². The van der Waals surface area contributed by atoms with E-state index >= 15 is 0 Å². The molecule has 1 amide bonds. The molecule has 7 nitrogen and oxygen atoms in total. The monoisotopic (exact) mass is 304 g/mol. The van der Waals surface area contributed by atoms with Gasteiger partial charge in [-0.05, 0) is 18.9 Å². The molecule has 0 aromatic carbocycles. The average molecular weight is 304 g/mol. The fourth-order valence-corrected chi connectivity index (χ4v) is 3.34. The molecule has 1 aliphatic carbocycles. The number of amides is 1. The molecule has 1 aromatic rings. The lowest BCUT2D eigenvalue weighted by molar-refractivity contribution is -0.384. The predicted octanol–water partition coefficient (Wildman–Crippen LogP) is 1.83. The van der Waals surface area contributed by atoms with Crippen LogP contribution in [0, 0.1) is 16.0 Å². The van der Waals surface area contributed by atoms with Gasteiger partial charge >= 0.3 is 5.69 Å². The molecular formula is C15H20N4O3. The molecule has 0 N–H and O–H groups in total. The molecule has 0 bridgehead atoms. The van der Waals surface area contributed by atoms with E-state index in [-0.39, 0.29) is 17.5 Å². The van der Waals surface area contributed by atoms with Crippen molar-refractivity contribution in [3.8, 4) is 0 Å². The van der Waals surface area contributed by atoms with Crippen LogP contribution >= 0.6 is 0 Å². The molecule has 2 heterocycles. The van der Waals surface area contributed by atoms with E-state index in [0.29, 0.717) is 32.0 Å². The summed E-state index contributed by atoms with van der Waals surface area (Å²) >= 11 is 0. The van der Waals surface area contributed by atoms with E-state index in [1.807, 2.05) is 9.80 Å². The van der Waals surface area contributed by atoms with Gasteiger partial charge in [-0.2, -0.15) is 0 Å². The second-order valence-corrected chi connectivity index (χ2v) is 5.90. The van der Waals surface area contributed by atoms with Gasteiger partial charge in [0.05, 0.1) is 4.92 Å². The Balaban J connectivity index is 1.64. The summed E-state index contributed by atoms with van der Waals surface area (Å²) in [6.07, 6.45) is 5.88. The van der Waals surface area contributed by atoms with Crippen molar-refractivity contribution in [2.75, 3.05) is 31.1 Å². The zero-order valence-electron chi connectivity index (χ0n) is 12.5. The summed E-state index contributed by atoms with van der Waals surface area (Å²) in [6.45, 7) is 2.42. The average Bonchev–Trinajstić information content (AvgIpc) is 3.09. The molecular weight excluding hydrogens is 284 g/mol. The highest BCUT2D eigenvalue weighted by molar-refractivity contribution is 5.79. The lowest BCUT2D eigenvalue weighted by atomic mass is 10.1. The first kappa shape index (κ1) is 14.7. The molecule has 0 radical (unpaired) electrons. The van der Waals surface area contributed by atoms with Gasteiger partial charge in [0.1, 0.15) is 0 Å². The molecule has 7 heteroatoms. The first-order chi connectivity index (χ1) is 10.7. The Morgan fingerprint density at radius 2 is 1.91 bits per heavy atom. The van der Waals surface area contributed by atoms with Gasteiger partial charge in [0.15, 0.2) is 0 Å². The van der Waals surface area contributed by atoms with Crippen molar-refractivity contribution in [3.05, 3.63) is 28.4 Å². The standard InChI is InChI=1S/C15H20N4O3/c20-15(12-4-1-2-5-12)18-10-8-17(9-11-18)14-13(19(21)22)6-3-7-16-14/h3,6-7,12H,1-2,4-5,8-11H2. The Kier molecular flexibility index (Phi) is 4.22. The summed E-state index contributed by atoms with van der Waals surface area (Å²) in [6, 6.07) is 3.04. The Hall–Kier alpha value is -2.18. The normalized spacial score (nSPS) is 19.5. The van der Waals surface area contributed by atoms with Crippen molar-refractivity contribution in [2.45, 2.75) is 25.7 Å². The number of aromatic nitrogens is 1. The zero-order valence-corrected chi connectivity index (χ0v) is 12.5.